The van der Waals surface area contributed by atoms with E-state index < -0.39 is 0 Å². The summed E-state index contributed by atoms with van der Waals surface area (Å²) < 4.78 is 11.5. The van der Waals surface area contributed by atoms with Gasteiger partial charge in [-0.15, -0.1) is 0 Å². The molecular weight excluding hydrogens is 699 g/mol. The van der Waals surface area contributed by atoms with Crippen molar-refractivity contribution in [2.45, 2.75) is 0 Å². The van der Waals surface area contributed by atoms with E-state index in [1.165, 1.54) is 0 Å². The summed E-state index contributed by atoms with van der Waals surface area (Å²) in [7, 11) is 0. The molecule has 266 valence electrons. The lowest BCUT2D eigenvalue weighted by molar-refractivity contribution is 0.666. The minimum atomic E-state index is 0.550. The maximum Gasteiger partial charge on any atom is 0.238 e. The molecule has 0 bridgehead atoms. The number of fused-ring (bicyclic) bond motifs is 10. The van der Waals surface area contributed by atoms with Crippen LogP contribution in [0.3, 0.4) is 0 Å². The third kappa shape index (κ3) is 4.81. The highest BCUT2D eigenvalue weighted by Crippen LogP contribution is 2.44. The Morgan fingerprint density at radius 3 is 1.49 bits per heavy atom. The van der Waals surface area contributed by atoms with Crippen LogP contribution in [-0.2, 0) is 0 Å². The average molecular weight is 730 g/mol. The van der Waals surface area contributed by atoms with Crippen molar-refractivity contribution in [1.29, 1.82) is 0 Å². The summed E-state index contributed by atoms with van der Waals surface area (Å²) in [6.07, 6.45) is 0. The van der Waals surface area contributed by atoms with E-state index in [1.54, 1.807) is 0 Å². The summed E-state index contributed by atoms with van der Waals surface area (Å²) in [5.74, 6) is 1.77. The van der Waals surface area contributed by atoms with Gasteiger partial charge in [0.2, 0.25) is 5.95 Å². The fraction of sp³-hybridized carbons (Fsp3) is 0. The Hall–Kier alpha value is -7.83. The molecule has 12 rings (SSSR count). The Balaban J connectivity index is 1.21. The Labute approximate surface area is 326 Å². The van der Waals surface area contributed by atoms with E-state index in [2.05, 4.69) is 130 Å². The number of furan rings is 1. The van der Waals surface area contributed by atoms with Gasteiger partial charge in [-0.1, -0.05) is 158 Å². The molecule has 6 nitrogen and oxygen atoms in total. The molecule has 57 heavy (non-hydrogen) atoms. The van der Waals surface area contributed by atoms with Gasteiger partial charge in [0, 0.05) is 43.4 Å². The van der Waals surface area contributed by atoms with Crippen LogP contribution in [0.1, 0.15) is 0 Å². The molecule has 4 aromatic heterocycles. The Bertz CT molecular complexity index is 3450. The third-order valence-electron chi connectivity index (χ3n) is 11.2. The van der Waals surface area contributed by atoms with Gasteiger partial charge in [0.05, 0.1) is 27.8 Å². The van der Waals surface area contributed by atoms with E-state index in [4.69, 9.17) is 19.4 Å². The van der Waals surface area contributed by atoms with E-state index in [9.17, 15) is 0 Å². The first-order valence-electron chi connectivity index (χ1n) is 19.1. The maximum absolute atomic E-state index is 6.92. The minimum absolute atomic E-state index is 0.550. The van der Waals surface area contributed by atoms with Crippen LogP contribution in [0, 0.1) is 0 Å². The molecule has 0 aliphatic rings. The maximum atomic E-state index is 6.92. The van der Waals surface area contributed by atoms with Crippen molar-refractivity contribution < 1.29 is 4.42 Å². The number of rotatable bonds is 5. The second kappa shape index (κ2) is 12.3. The van der Waals surface area contributed by atoms with E-state index in [0.717, 1.165) is 93.5 Å². The second-order valence-electron chi connectivity index (χ2n) is 14.4. The van der Waals surface area contributed by atoms with Crippen LogP contribution in [0.15, 0.2) is 192 Å². The Morgan fingerprint density at radius 1 is 0.351 bits per heavy atom. The summed E-state index contributed by atoms with van der Waals surface area (Å²) in [4.78, 5) is 15.6. The molecule has 0 spiro atoms. The van der Waals surface area contributed by atoms with E-state index in [-0.39, 0.29) is 0 Å². The molecule has 0 aliphatic heterocycles. The van der Waals surface area contributed by atoms with Gasteiger partial charge < -0.3 is 8.98 Å². The van der Waals surface area contributed by atoms with Crippen LogP contribution in [0.4, 0.5) is 0 Å². The van der Waals surface area contributed by atoms with Crippen LogP contribution in [0.25, 0.3) is 111 Å². The van der Waals surface area contributed by atoms with Crippen molar-refractivity contribution >= 4 is 65.6 Å². The number of para-hydroxylation sites is 3. The smallest absolute Gasteiger partial charge is 0.238 e. The number of nitrogens with zero attached hydrogens (tertiary/aromatic N) is 5. The molecular formula is C51H31N5O. The van der Waals surface area contributed by atoms with E-state index in [0.29, 0.717) is 17.6 Å². The molecule has 0 atom stereocenters. The van der Waals surface area contributed by atoms with Gasteiger partial charge >= 0.3 is 0 Å². The van der Waals surface area contributed by atoms with Gasteiger partial charge in [-0.25, -0.2) is 4.98 Å². The van der Waals surface area contributed by atoms with E-state index >= 15 is 0 Å². The molecule has 0 aliphatic carbocycles. The molecule has 6 heteroatoms. The summed E-state index contributed by atoms with van der Waals surface area (Å²) >= 11 is 0. The monoisotopic (exact) mass is 729 g/mol. The first kappa shape index (κ1) is 31.5. The predicted molar refractivity (Wildman–Crippen MR) is 232 cm³/mol. The van der Waals surface area contributed by atoms with Gasteiger partial charge in [-0.3, -0.25) is 4.57 Å². The lowest BCUT2D eigenvalue weighted by atomic mass is 10.0. The fourth-order valence-corrected chi connectivity index (χ4v) is 8.63. The lowest BCUT2D eigenvalue weighted by Gasteiger charge is -2.13. The van der Waals surface area contributed by atoms with Crippen LogP contribution >= 0.6 is 0 Å². The number of hydrogen-bond acceptors (Lipinski definition) is 4. The van der Waals surface area contributed by atoms with Crippen LogP contribution in [0.5, 0.6) is 0 Å². The quantitative estimate of drug-likeness (QED) is 0.177. The highest BCUT2D eigenvalue weighted by atomic mass is 16.3. The first-order chi connectivity index (χ1) is 28.3. The number of benzene rings is 8. The molecule has 0 saturated carbocycles. The third-order valence-corrected chi connectivity index (χ3v) is 11.2. The average Bonchev–Trinajstić information content (AvgIpc) is 3.95. The van der Waals surface area contributed by atoms with Crippen molar-refractivity contribution in [2.75, 3.05) is 0 Å². The second-order valence-corrected chi connectivity index (χ2v) is 14.4. The standard InChI is InChI=1S/C51H31N5O/c1-4-15-32(16-5-1)35-27-28-38-41-23-14-26-44(48(41)57-45(38)31-35)55-42-24-12-10-21-36(42)39-29-30-40-37-22-11-13-25-43(37)56(47(40)46(39)55)51-53-49(33-17-6-2-7-18-33)52-50(54-51)34-19-8-3-9-20-34/h1-31H. The van der Waals surface area contributed by atoms with Crippen LogP contribution in [-0.4, -0.2) is 24.1 Å². The molecule has 12 aromatic rings. The van der Waals surface area contributed by atoms with Gasteiger partial charge in [-0.05, 0) is 41.5 Å². The lowest BCUT2D eigenvalue weighted by Crippen LogP contribution is -2.07. The van der Waals surface area contributed by atoms with Crippen molar-refractivity contribution in [3.05, 3.63) is 188 Å². The summed E-state index contributed by atoms with van der Waals surface area (Å²) in [6, 6.07) is 65.4. The van der Waals surface area contributed by atoms with Crippen LogP contribution < -0.4 is 0 Å². The topological polar surface area (TPSA) is 61.7 Å². The van der Waals surface area contributed by atoms with Gasteiger partial charge in [-0.2, -0.15) is 9.97 Å². The van der Waals surface area contributed by atoms with Crippen molar-refractivity contribution in [3.8, 4) is 45.5 Å². The normalized spacial score (nSPS) is 11.9. The summed E-state index contributed by atoms with van der Waals surface area (Å²) in [6.45, 7) is 0. The molecule has 4 heterocycles. The largest absolute Gasteiger partial charge is 0.454 e. The van der Waals surface area contributed by atoms with Gasteiger partial charge in [0.25, 0.3) is 0 Å². The van der Waals surface area contributed by atoms with Crippen molar-refractivity contribution in [2.24, 2.45) is 0 Å². The first-order valence-corrected chi connectivity index (χ1v) is 19.1. The molecule has 0 radical (unpaired) electrons. The molecule has 0 amide bonds. The molecule has 0 fully saturated rings. The predicted octanol–water partition coefficient (Wildman–Crippen LogP) is 13.0. The molecule has 0 N–H and O–H groups in total. The zero-order valence-electron chi connectivity index (χ0n) is 30.5. The van der Waals surface area contributed by atoms with Gasteiger partial charge in [0.15, 0.2) is 17.2 Å². The fourth-order valence-electron chi connectivity index (χ4n) is 8.63. The number of hydrogen-bond donors (Lipinski definition) is 0. The molecule has 8 aromatic carbocycles. The molecule has 0 unspecified atom stereocenters. The summed E-state index contributed by atoms with van der Waals surface area (Å²) in [5, 5.41) is 6.65. The zero-order chi connectivity index (χ0) is 37.5. The minimum Gasteiger partial charge on any atom is -0.454 e. The highest BCUT2D eigenvalue weighted by Gasteiger charge is 2.25. The highest BCUT2D eigenvalue weighted by molar-refractivity contribution is 6.24. The van der Waals surface area contributed by atoms with Crippen molar-refractivity contribution in [3.63, 3.8) is 0 Å². The summed E-state index contributed by atoms with van der Waals surface area (Å²) in [5.41, 5.74) is 10.9. The van der Waals surface area contributed by atoms with Gasteiger partial charge in [0.1, 0.15) is 5.58 Å². The van der Waals surface area contributed by atoms with Crippen molar-refractivity contribution in [1.82, 2.24) is 24.1 Å². The Morgan fingerprint density at radius 2 is 0.860 bits per heavy atom. The number of aromatic nitrogens is 5. The Kier molecular flexibility index (Phi) is 6.83. The van der Waals surface area contributed by atoms with Crippen LogP contribution in [0.2, 0.25) is 0 Å². The SMILES string of the molecule is c1ccc(-c2ccc3c(c2)oc2c(-n4c5ccccc5c5ccc6c7ccccc7n(-c7nc(-c8ccccc8)nc(-c8ccccc8)n7)c6c54)cccc23)cc1. The van der Waals surface area contributed by atoms with E-state index in [1.807, 2.05) is 66.7 Å². The molecule has 0 saturated heterocycles. The zero-order valence-corrected chi connectivity index (χ0v) is 30.5.